The summed E-state index contributed by atoms with van der Waals surface area (Å²) in [4.78, 5) is 32.6. The Balaban J connectivity index is 1.67. The van der Waals surface area contributed by atoms with E-state index in [1.165, 1.54) is 5.56 Å². The minimum atomic E-state index is -0.634. The molecule has 0 radical (unpaired) electrons. The SMILES string of the molecule is Cc1nc(C)n(CC(=O)N2CCN(Cc3ccccc3)CC2C(N)=O)n1. The summed E-state index contributed by atoms with van der Waals surface area (Å²) in [5.74, 6) is 0.646. The third kappa shape index (κ3) is 4.08. The molecule has 1 aromatic heterocycles. The van der Waals surface area contributed by atoms with Crippen LogP contribution in [0.25, 0.3) is 0 Å². The van der Waals surface area contributed by atoms with Crippen LogP contribution in [0.1, 0.15) is 17.2 Å². The minimum Gasteiger partial charge on any atom is -0.368 e. The van der Waals surface area contributed by atoms with Crippen LogP contribution in [0.3, 0.4) is 0 Å². The van der Waals surface area contributed by atoms with Crippen LogP contribution in [0, 0.1) is 13.8 Å². The van der Waals surface area contributed by atoms with Crippen molar-refractivity contribution in [2.24, 2.45) is 5.73 Å². The van der Waals surface area contributed by atoms with Gasteiger partial charge in [-0.2, -0.15) is 5.10 Å². The van der Waals surface area contributed by atoms with Crippen LogP contribution >= 0.6 is 0 Å². The smallest absolute Gasteiger partial charge is 0.245 e. The largest absolute Gasteiger partial charge is 0.368 e. The summed E-state index contributed by atoms with van der Waals surface area (Å²) in [6, 6.07) is 9.41. The Bertz CT molecular complexity index is 788. The minimum absolute atomic E-state index is 0.0646. The molecule has 1 aromatic carbocycles. The van der Waals surface area contributed by atoms with Crippen molar-refractivity contribution in [3.8, 4) is 0 Å². The van der Waals surface area contributed by atoms with Crippen LogP contribution in [-0.4, -0.2) is 62.1 Å². The van der Waals surface area contributed by atoms with Gasteiger partial charge in [0.1, 0.15) is 24.2 Å². The number of benzene rings is 1. The zero-order valence-electron chi connectivity index (χ0n) is 15.1. The maximum Gasteiger partial charge on any atom is 0.245 e. The molecule has 0 saturated carbocycles. The molecule has 8 heteroatoms. The Morgan fingerprint density at radius 2 is 1.92 bits per heavy atom. The van der Waals surface area contributed by atoms with Crippen LogP contribution in [0.4, 0.5) is 0 Å². The number of hydrogen-bond donors (Lipinski definition) is 1. The molecular formula is C18H24N6O2. The Morgan fingerprint density at radius 3 is 2.54 bits per heavy atom. The van der Waals surface area contributed by atoms with Crippen molar-refractivity contribution in [1.29, 1.82) is 0 Å². The molecule has 0 spiro atoms. The van der Waals surface area contributed by atoms with E-state index < -0.39 is 11.9 Å². The maximum absolute atomic E-state index is 12.7. The second-order valence-electron chi connectivity index (χ2n) is 6.59. The van der Waals surface area contributed by atoms with Gasteiger partial charge in [-0.15, -0.1) is 0 Å². The van der Waals surface area contributed by atoms with Gasteiger partial charge in [-0.05, 0) is 19.4 Å². The highest BCUT2D eigenvalue weighted by Crippen LogP contribution is 2.14. The molecule has 1 aliphatic heterocycles. The first kappa shape index (κ1) is 18.1. The number of amides is 2. The molecule has 138 valence electrons. The third-order valence-corrected chi connectivity index (χ3v) is 4.61. The van der Waals surface area contributed by atoms with Crippen molar-refractivity contribution < 1.29 is 9.59 Å². The first-order chi connectivity index (χ1) is 12.4. The molecule has 2 aromatic rings. The lowest BCUT2D eigenvalue weighted by atomic mass is 10.1. The first-order valence-electron chi connectivity index (χ1n) is 8.67. The fourth-order valence-corrected chi connectivity index (χ4v) is 3.30. The van der Waals surface area contributed by atoms with E-state index in [4.69, 9.17) is 5.73 Å². The summed E-state index contributed by atoms with van der Waals surface area (Å²) >= 11 is 0. The molecule has 1 fully saturated rings. The lowest BCUT2D eigenvalue weighted by molar-refractivity contribution is -0.143. The molecule has 2 N–H and O–H groups in total. The number of hydrogen-bond acceptors (Lipinski definition) is 5. The van der Waals surface area contributed by atoms with E-state index in [-0.39, 0.29) is 12.5 Å². The molecule has 2 amide bonds. The zero-order valence-corrected chi connectivity index (χ0v) is 15.1. The molecule has 0 aliphatic carbocycles. The van der Waals surface area contributed by atoms with E-state index in [1.54, 1.807) is 23.4 Å². The summed E-state index contributed by atoms with van der Waals surface area (Å²) in [6.07, 6.45) is 0. The number of nitrogens with two attached hydrogens (primary N) is 1. The molecular weight excluding hydrogens is 332 g/mol. The number of rotatable bonds is 5. The highest BCUT2D eigenvalue weighted by atomic mass is 16.2. The standard InChI is InChI=1S/C18H24N6O2/c1-13-20-14(2)24(21-13)12-17(25)23-9-8-22(11-16(23)18(19)26)10-15-6-4-3-5-7-15/h3-7,16H,8-12H2,1-2H3,(H2,19,26). The predicted octanol–water partition coefficient (Wildman–Crippen LogP) is 0.0932. The highest BCUT2D eigenvalue weighted by molar-refractivity contribution is 5.87. The summed E-state index contributed by atoms with van der Waals surface area (Å²) < 4.78 is 1.56. The molecule has 1 aliphatic rings. The summed E-state index contributed by atoms with van der Waals surface area (Å²) in [7, 11) is 0. The van der Waals surface area contributed by atoms with Crippen LogP contribution in [0.15, 0.2) is 30.3 Å². The van der Waals surface area contributed by atoms with Crippen LogP contribution in [-0.2, 0) is 22.7 Å². The first-order valence-corrected chi connectivity index (χ1v) is 8.67. The molecule has 2 heterocycles. The van der Waals surface area contributed by atoms with Crippen molar-refractivity contribution in [3.05, 3.63) is 47.5 Å². The van der Waals surface area contributed by atoms with E-state index in [1.807, 2.05) is 30.3 Å². The summed E-state index contributed by atoms with van der Waals surface area (Å²) in [5, 5.41) is 4.22. The lowest BCUT2D eigenvalue weighted by Gasteiger charge is -2.40. The number of piperazine rings is 1. The topological polar surface area (TPSA) is 97.4 Å². The van der Waals surface area contributed by atoms with Crippen molar-refractivity contribution in [1.82, 2.24) is 24.6 Å². The van der Waals surface area contributed by atoms with Crippen molar-refractivity contribution in [3.63, 3.8) is 0 Å². The van der Waals surface area contributed by atoms with Gasteiger partial charge in [0.05, 0.1) is 0 Å². The van der Waals surface area contributed by atoms with E-state index in [0.717, 1.165) is 6.54 Å². The van der Waals surface area contributed by atoms with Crippen LogP contribution < -0.4 is 5.73 Å². The molecule has 3 rings (SSSR count). The Morgan fingerprint density at radius 1 is 1.19 bits per heavy atom. The third-order valence-electron chi connectivity index (χ3n) is 4.61. The van der Waals surface area contributed by atoms with Gasteiger partial charge in [0.15, 0.2) is 0 Å². The Kier molecular flexibility index (Phi) is 5.32. The molecule has 1 unspecified atom stereocenters. The fraction of sp³-hybridized carbons (Fsp3) is 0.444. The second kappa shape index (κ2) is 7.65. The summed E-state index contributed by atoms with van der Waals surface area (Å²) in [5.41, 5.74) is 6.75. The number of nitrogens with zero attached hydrogens (tertiary/aromatic N) is 5. The highest BCUT2D eigenvalue weighted by Gasteiger charge is 2.34. The van der Waals surface area contributed by atoms with Gasteiger partial charge in [-0.1, -0.05) is 30.3 Å². The Labute approximate surface area is 152 Å². The van der Waals surface area contributed by atoms with Crippen LogP contribution in [0.2, 0.25) is 0 Å². The van der Waals surface area contributed by atoms with E-state index in [2.05, 4.69) is 15.0 Å². The van der Waals surface area contributed by atoms with Gasteiger partial charge in [-0.3, -0.25) is 14.5 Å². The Hall–Kier alpha value is -2.74. The van der Waals surface area contributed by atoms with Gasteiger partial charge in [0, 0.05) is 26.2 Å². The molecule has 1 saturated heterocycles. The number of carbonyl (C=O) groups is 2. The number of carbonyl (C=O) groups excluding carboxylic acids is 2. The predicted molar refractivity (Wildman–Crippen MR) is 95.9 cm³/mol. The molecule has 1 atom stereocenters. The fourth-order valence-electron chi connectivity index (χ4n) is 3.30. The van der Waals surface area contributed by atoms with Gasteiger partial charge < -0.3 is 10.6 Å². The molecule has 26 heavy (non-hydrogen) atoms. The normalized spacial score (nSPS) is 18.1. The summed E-state index contributed by atoms with van der Waals surface area (Å²) in [6.45, 7) is 5.97. The van der Waals surface area contributed by atoms with Gasteiger partial charge in [-0.25, -0.2) is 9.67 Å². The zero-order chi connectivity index (χ0) is 18.7. The van der Waals surface area contributed by atoms with E-state index in [0.29, 0.717) is 31.3 Å². The molecule has 8 nitrogen and oxygen atoms in total. The average molecular weight is 356 g/mol. The van der Waals surface area contributed by atoms with Crippen LogP contribution in [0.5, 0.6) is 0 Å². The van der Waals surface area contributed by atoms with Gasteiger partial charge in [0.2, 0.25) is 11.8 Å². The lowest BCUT2D eigenvalue weighted by Crippen LogP contribution is -2.60. The average Bonchev–Trinajstić information content (AvgIpc) is 2.92. The quantitative estimate of drug-likeness (QED) is 0.819. The van der Waals surface area contributed by atoms with Gasteiger partial charge in [0.25, 0.3) is 0 Å². The van der Waals surface area contributed by atoms with Crippen molar-refractivity contribution in [2.45, 2.75) is 33.0 Å². The number of primary amides is 1. The van der Waals surface area contributed by atoms with Crippen molar-refractivity contribution >= 4 is 11.8 Å². The second-order valence-corrected chi connectivity index (χ2v) is 6.59. The van der Waals surface area contributed by atoms with E-state index >= 15 is 0 Å². The maximum atomic E-state index is 12.7. The molecule has 0 bridgehead atoms. The van der Waals surface area contributed by atoms with E-state index in [9.17, 15) is 9.59 Å². The van der Waals surface area contributed by atoms with Gasteiger partial charge >= 0.3 is 0 Å². The van der Waals surface area contributed by atoms with Crippen molar-refractivity contribution in [2.75, 3.05) is 19.6 Å². The number of aryl methyl sites for hydroxylation is 2. The monoisotopic (exact) mass is 356 g/mol. The number of aromatic nitrogens is 3.